The topological polar surface area (TPSA) is 38.3 Å². The fourth-order valence-electron chi connectivity index (χ4n) is 2.37. The van der Waals surface area contributed by atoms with Crippen LogP contribution in [0.5, 0.6) is 5.75 Å². The van der Waals surface area contributed by atoms with E-state index >= 15 is 0 Å². The Morgan fingerprint density at radius 3 is 2.69 bits per heavy atom. The van der Waals surface area contributed by atoms with Gasteiger partial charge in [0, 0.05) is 28.1 Å². The van der Waals surface area contributed by atoms with E-state index in [1.54, 1.807) is 24.8 Å². The second-order valence-electron chi connectivity index (χ2n) is 5.80. The van der Waals surface area contributed by atoms with Crippen LogP contribution in [-0.4, -0.2) is 24.3 Å². The van der Waals surface area contributed by atoms with Gasteiger partial charge in [0.05, 0.1) is 0 Å². The van der Waals surface area contributed by atoms with E-state index in [9.17, 15) is 4.79 Å². The van der Waals surface area contributed by atoms with Gasteiger partial charge in [-0.25, -0.2) is 0 Å². The van der Waals surface area contributed by atoms with Gasteiger partial charge in [-0.2, -0.15) is 11.8 Å². The van der Waals surface area contributed by atoms with Crippen LogP contribution in [0.1, 0.15) is 25.0 Å². The minimum absolute atomic E-state index is 0.110. The van der Waals surface area contributed by atoms with Crippen molar-refractivity contribution >= 4 is 40.9 Å². The molecule has 6 heteroatoms. The maximum atomic E-state index is 12.2. The van der Waals surface area contributed by atoms with Gasteiger partial charge in [-0.3, -0.25) is 4.79 Å². The lowest BCUT2D eigenvalue weighted by Crippen LogP contribution is -2.37. The number of benzene rings is 2. The Bertz CT molecular complexity index is 740. The zero-order valence-corrected chi connectivity index (χ0v) is 17.3. The summed E-state index contributed by atoms with van der Waals surface area (Å²) in [6, 6.07) is 13.3. The number of ether oxygens (including phenoxy) is 1. The van der Waals surface area contributed by atoms with Crippen molar-refractivity contribution in [2.24, 2.45) is 0 Å². The Morgan fingerprint density at radius 2 is 1.96 bits per heavy atom. The molecular weight excluding hydrogens is 389 g/mol. The number of para-hydroxylation sites is 1. The Balaban J connectivity index is 1.71. The molecular formula is C20H23Cl2NO2S. The third-order valence-electron chi connectivity index (χ3n) is 3.84. The number of aryl methyl sites for hydroxylation is 1. The third-order valence-corrected chi connectivity index (χ3v) is 5.44. The molecule has 3 nitrogen and oxygen atoms in total. The van der Waals surface area contributed by atoms with Crippen LogP contribution in [0, 0.1) is 0 Å². The van der Waals surface area contributed by atoms with Crippen LogP contribution in [0.15, 0.2) is 42.5 Å². The number of carbonyl (C=O) groups is 1. The highest BCUT2D eigenvalue weighted by atomic mass is 35.5. The lowest BCUT2D eigenvalue weighted by Gasteiger charge is -2.16. The summed E-state index contributed by atoms with van der Waals surface area (Å²) < 4.78 is 5.80. The van der Waals surface area contributed by atoms with Crippen molar-refractivity contribution in [2.75, 3.05) is 12.3 Å². The second kappa shape index (κ2) is 10.7. The summed E-state index contributed by atoms with van der Waals surface area (Å²) in [5.74, 6) is 2.23. The van der Waals surface area contributed by atoms with Gasteiger partial charge in [0.1, 0.15) is 5.75 Å². The van der Waals surface area contributed by atoms with E-state index in [4.69, 9.17) is 27.9 Å². The van der Waals surface area contributed by atoms with Crippen LogP contribution in [0.4, 0.5) is 0 Å². The van der Waals surface area contributed by atoms with Crippen LogP contribution >= 0.6 is 35.0 Å². The van der Waals surface area contributed by atoms with E-state index in [1.165, 1.54) is 0 Å². The smallest absolute Gasteiger partial charge is 0.260 e. The van der Waals surface area contributed by atoms with Crippen molar-refractivity contribution in [3.8, 4) is 5.75 Å². The molecule has 0 aliphatic heterocycles. The Kier molecular flexibility index (Phi) is 8.63. The molecule has 1 atom stereocenters. The summed E-state index contributed by atoms with van der Waals surface area (Å²) >= 11 is 13.8. The lowest BCUT2D eigenvalue weighted by molar-refractivity contribution is -0.127. The van der Waals surface area contributed by atoms with Gasteiger partial charge < -0.3 is 10.1 Å². The minimum Gasteiger partial charge on any atom is -0.481 e. The van der Waals surface area contributed by atoms with Crippen molar-refractivity contribution < 1.29 is 9.53 Å². The summed E-state index contributed by atoms with van der Waals surface area (Å²) in [5.41, 5.74) is 2.14. The first-order valence-electron chi connectivity index (χ1n) is 8.55. The molecule has 2 aromatic rings. The van der Waals surface area contributed by atoms with Gasteiger partial charge in [-0.05, 0) is 42.7 Å². The van der Waals surface area contributed by atoms with Crippen molar-refractivity contribution in [1.29, 1.82) is 0 Å². The molecule has 140 valence electrons. The normalized spacial score (nSPS) is 11.8. The molecule has 1 amide bonds. The molecule has 2 rings (SSSR count). The number of rotatable bonds is 9. The van der Waals surface area contributed by atoms with E-state index in [0.717, 1.165) is 34.8 Å². The number of halogens is 2. The summed E-state index contributed by atoms with van der Waals surface area (Å²) in [7, 11) is 0. The molecule has 0 bridgehead atoms. The van der Waals surface area contributed by atoms with Crippen molar-refractivity contribution in [1.82, 2.24) is 5.32 Å². The number of nitrogens with one attached hydrogen (secondary N) is 1. The molecule has 0 saturated heterocycles. The van der Waals surface area contributed by atoms with Gasteiger partial charge in [-0.1, -0.05) is 54.4 Å². The van der Waals surface area contributed by atoms with Crippen LogP contribution < -0.4 is 10.1 Å². The Hall–Kier alpha value is -1.36. The molecule has 0 radical (unpaired) electrons. The molecule has 26 heavy (non-hydrogen) atoms. The molecule has 2 aromatic carbocycles. The highest BCUT2D eigenvalue weighted by Crippen LogP contribution is 2.24. The number of hydrogen-bond acceptors (Lipinski definition) is 3. The minimum atomic E-state index is -0.529. The summed E-state index contributed by atoms with van der Waals surface area (Å²) in [6.07, 6.45) is 0.340. The number of thioether (sulfide) groups is 1. The third kappa shape index (κ3) is 6.42. The first-order valence-corrected chi connectivity index (χ1v) is 10.5. The molecule has 1 N–H and O–H groups in total. The maximum Gasteiger partial charge on any atom is 0.260 e. The molecule has 0 unspecified atom stereocenters. The molecule has 0 spiro atoms. The summed E-state index contributed by atoms with van der Waals surface area (Å²) in [5, 5.41) is 4.22. The van der Waals surface area contributed by atoms with Crippen LogP contribution in [0.2, 0.25) is 10.0 Å². The largest absolute Gasteiger partial charge is 0.481 e. The van der Waals surface area contributed by atoms with Crippen molar-refractivity contribution in [2.45, 2.75) is 32.1 Å². The molecule has 0 aromatic heterocycles. The number of amides is 1. The molecule has 0 heterocycles. The first kappa shape index (κ1) is 20.9. The second-order valence-corrected chi connectivity index (χ2v) is 7.75. The lowest BCUT2D eigenvalue weighted by atomic mass is 10.1. The summed E-state index contributed by atoms with van der Waals surface area (Å²) in [4.78, 5) is 12.2. The molecule has 0 aliphatic carbocycles. The molecule has 0 aliphatic rings. The zero-order chi connectivity index (χ0) is 18.9. The van der Waals surface area contributed by atoms with Gasteiger partial charge >= 0.3 is 0 Å². The maximum absolute atomic E-state index is 12.2. The van der Waals surface area contributed by atoms with Gasteiger partial charge in [0.2, 0.25) is 0 Å². The molecule has 0 fully saturated rings. The predicted molar refractivity (Wildman–Crippen MR) is 112 cm³/mol. The van der Waals surface area contributed by atoms with Crippen LogP contribution in [0.25, 0.3) is 0 Å². The van der Waals surface area contributed by atoms with Crippen LogP contribution in [0.3, 0.4) is 0 Å². The fourth-order valence-corrected chi connectivity index (χ4v) is 3.78. The highest BCUT2D eigenvalue weighted by Gasteiger charge is 2.15. The number of hydrogen-bond donors (Lipinski definition) is 1. The zero-order valence-electron chi connectivity index (χ0n) is 14.9. The van der Waals surface area contributed by atoms with E-state index in [1.807, 2.05) is 36.4 Å². The van der Waals surface area contributed by atoms with Crippen molar-refractivity contribution in [3.63, 3.8) is 0 Å². The highest BCUT2D eigenvalue weighted by molar-refractivity contribution is 7.98. The van der Waals surface area contributed by atoms with E-state index < -0.39 is 6.10 Å². The SMILES string of the molecule is CCc1ccccc1O[C@@H](C)C(=O)NCCSCc1ccc(Cl)cc1Cl. The number of carbonyl (C=O) groups excluding carboxylic acids is 1. The van der Waals surface area contributed by atoms with E-state index in [-0.39, 0.29) is 5.91 Å². The van der Waals surface area contributed by atoms with E-state index in [0.29, 0.717) is 16.6 Å². The van der Waals surface area contributed by atoms with Crippen LogP contribution in [-0.2, 0) is 17.0 Å². The van der Waals surface area contributed by atoms with Gasteiger partial charge in [-0.15, -0.1) is 0 Å². The average molecular weight is 412 g/mol. The average Bonchev–Trinajstić information content (AvgIpc) is 2.63. The molecule has 0 saturated carbocycles. The van der Waals surface area contributed by atoms with Gasteiger partial charge in [0.15, 0.2) is 6.10 Å². The van der Waals surface area contributed by atoms with Crippen molar-refractivity contribution in [3.05, 3.63) is 63.6 Å². The summed E-state index contributed by atoms with van der Waals surface area (Å²) in [6.45, 7) is 4.41. The van der Waals surface area contributed by atoms with E-state index in [2.05, 4.69) is 12.2 Å². The standard InChI is InChI=1S/C20H23Cl2NO2S/c1-3-15-6-4-5-7-19(15)25-14(2)20(24)23-10-11-26-13-16-8-9-17(21)12-18(16)22/h4-9,12,14H,3,10-11,13H2,1-2H3,(H,23,24)/t14-/m0/s1. The monoisotopic (exact) mass is 411 g/mol. The quantitative estimate of drug-likeness (QED) is 0.563. The Morgan fingerprint density at radius 1 is 1.19 bits per heavy atom. The first-order chi connectivity index (χ1) is 12.5. The Labute approximate surface area is 169 Å². The fraction of sp³-hybridized carbons (Fsp3) is 0.350. The predicted octanol–water partition coefficient (Wildman–Crippen LogP) is 5.37. The van der Waals surface area contributed by atoms with Gasteiger partial charge in [0.25, 0.3) is 5.91 Å².